The van der Waals surface area contributed by atoms with Gasteiger partial charge in [-0.05, 0) is 40.2 Å². The van der Waals surface area contributed by atoms with Gasteiger partial charge < -0.3 is 20.0 Å². The van der Waals surface area contributed by atoms with Crippen molar-refractivity contribution in [2.45, 2.75) is 13.3 Å². The molecule has 1 aliphatic rings. The van der Waals surface area contributed by atoms with Gasteiger partial charge in [-0.15, -0.1) is 0 Å². The number of likely N-dealkylation sites (N-methyl/N-ethyl adjacent to an activating group) is 1. The first-order valence-corrected chi connectivity index (χ1v) is 6.99. The third kappa shape index (κ3) is 5.80. The molecule has 1 aliphatic heterocycles. The Morgan fingerprint density at radius 1 is 1.22 bits per heavy atom. The number of hydrogen-bond acceptors (Lipinski definition) is 4. The van der Waals surface area contributed by atoms with E-state index < -0.39 is 0 Å². The third-order valence-corrected chi connectivity index (χ3v) is 3.41. The fourth-order valence-electron chi connectivity index (χ4n) is 2.14. The summed E-state index contributed by atoms with van der Waals surface area (Å²) in [4.78, 5) is 18.4. The van der Waals surface area contributed by atoms with E-state index in [4.69, 9.17) is 0 Å². The summed E-state index contributed by atoms with van der Waals surface area (Å²) in [5.41, 5.74) is 0. The predicted molar refractivity (Wildman–Crippen MR) is 74.7 cm³/mol. The highest BCUT2D eigenvalue weighted by molar-refractivity contribution is 5.78. The molecule has 0 radical (unpaired) electrons. The molecule has 0 aromatic carbocycles. The maximum atomic E-state index is 11.9. The lowest BCUT2D eigenvalue weighted by Crippen LogP contribution is -2.50. The van der Waals surface area contributed by atoms with E-state index in [1.165, 1.54) is 0 Å². The fourth-order valence-corrected chi connectivity index (χ4v) is 2.14. The Kier molecular flexibility index (Phi) is 7.23. The van der Waals surface area contributed by atoms with Crippen LogP contribution in [0.4, 0.5) is 0 Å². The van der Waals surface area contributed by atoms with E-state index in [0.29, 0.717) is 6.54 Å². The molecule has 0 unspecified atom stereocenters. The van der Waals surface area contributed by atoms with Gasteiger partial charge in [0.15, 0.2) is 0 Å². The molecular formula is C13H28N4O. The second kappa shape index (κ2) is 8.45. The molecule has 0 aromatic heterocycles. The highest BCUT2D eigenvalue weighted by Gasteiger charge is 2.19. The molecule has 0 bridgehead atoms. The Hall–Kier alpha value is -0.650. The normalized spacial score (nSPS) is 17.4. The van der Waals surface area contributed by atoms with Crippen molar-refractivity contribution in [3.63, 3.8) is 0 Å². The van der Waals surface area contributed by atoms with Crippen LogP contribution in [0.2, 0.25) is 0 Å². The molecular weight excluding hydrogens is 228 g/mol. The average molecular weight is 256 g/mol. The van der Waals surface area contributed by atoms with Gasteiger partial charge in [-0.3, -0.25) is 4.79 Å². The van der Waals surface area contributed by atoms with E-state index >= 15 is 0 Å². The third-order valence-electron chi connectivity index (χ3n) is 3.41. The van der Waals surface area contributed by atoms with Crippen LogP contribution in [-0.4, -0.2) is 87.1 Å². The maximum absolute atomic E-state index is 11.9. The zero-order valence-electron chi connectivity index (χ0n) is 12.1. The van der Waals surface area contributed by atoms with E-state index in [1.54, 1.807) is 0 Å². The van der Waals surface area contributed by atoms with Gasteiger partial charge in [-0.25, -0.2) is 0 Å². The van der Waals surface area contributed by atoms with Gasteiger partial charge in [-0.1, -0.05) is 6.92 Å². The highest BCUT2D eigenvalue weighted by Crippen LogP contribution is 2.00. The smallest absolute Gasteiger partial charge is 0.236 e. The second-order valence-electron chi connectivity index (χ2n) is 5.15. The summed E-state index contributed by atoms with van der Waals surface area (Å²) < 4.78 is 0. The molecule has 1 amide bonds. The fraction of sp³-hybridized carbons (Fsp3) is 0.923. The van der Waals surface area contributed by atoms with Crippen LogP contribution >= 0.6 is 0 Å². The van der Waals surface area contributed by atoms with Gasteiger partial charge in [-0.2, -0.15) is 0 Å². The molecule has 0 aliphatic carbocycles. The number of rotatable bonds is 7. The molecule has 5 nitrogen and oxygen atoms in total. The van der Waals surface area contributed by atoms with Crippen molar-refractivity contribution in [2.24, 2.45) is 0 Å². The molecule has 1 fully saturated rings. The minimum Gasteiger partial charge on any atom is -0.339 e. The minimum absolute atomic E-state index is 0.246. The summed E-state index contributed by atoms with van der Waals surface area (Å²) in [6, 6.07) is 0. The first-order valence-electron chi connectivity index (χ1n) is 6.99. The Morgan fingerprint density at radius 3 is 2.44 bits per heavy atom. The molecule has 106 valence electrons. The molecule has 0 spiro atoms. The summed E-state index contributed by atoms with van der Waals surface area (Å²) >= 11 is 0. The molecule has 1 rings (SSSR count). The van der Waals surface area contributed by atoms with Gasteiger partial charge in [0.25, 0.3) is 0 Å². The summed E-state index contributed by atoms with van der Waals surface area (Å²) in [7, 11) is 4.14. The summed E-state index contributed by atoms with van der Waals surface area (Å²) in [5, 5.41) is 3.23. The molecule has 0 aromatic rings. The van der Waals surface area contributed by atoms with Crippen LogP contribution in [0.3, 0.4) is 0 Å². The highest BCUT2D eigenvalue weighted by atomic mass is 16.2. The van der Waals surface area contributed by atoms with Crippen molar-refractivity contribution < 1.29 is 4.79 Å². The Morgan fingerprint density at radius 2 is 1.89 bits per heavy atom. The molecule has 0 atom stereocenters. The van der Waals surface area contributed by atoms with Crippen molar-refractivity contribution in [3.8, 4) is 0 Å². The standard InChI is InChI=1S/C13H28N4O/c1-4-16-8-10-17(11-9-16)13(18)12-14-6-5-7-15(2)3/h14H,4-12H2,1-3H3. The molecule has 0 saturated carbocycles. The second-order valence-corrected chi connectivity index (χ2v) is 5.15. The van der Waals surface area contributed by atoms with Crippen molar-refractivity contribution in [3.05, 3.63) is 0 Å². The number of nitrogens with zero attached hydrogens (tertiary/aromatic N) is 3. The van der Waals surface area contributed by atoms with Gasteiger partial charge in [0.2, 0.25) is 5.91 Å². The Bertz CT molecular complexity index is 237. The van der Waals surface area contributed by atoms with Crippen molar-refractivity contribution in [1.29, 1.82) is 0 Å². The molecule has 18 heavy (non-hydrogen) atoms. The van der Waals surface area contributed by atoms with Gasteiger partial charge >= 0.3 is 0 Å². The van der Waals surface area contributed by atoms with Crippen LogP contribution in [0.25, 0.3) is 0 Å². The van der Waals surface area contributed by atoms with Crippen molar-refractivity contribution >= 4 is 5.91 Å². The first kappa shape index (κ1) is 15.4. The molecule has 1 heterocycles. The lowest BCUT2D eigenvalue weighted by Gasteiger charge is -2.34. The zero-order chi connectivity index (χ0) is 13.4. The van der Waals surface area contributed by atoms with Crippen molar-refractivity contribution in [1.82, 2.24) is 20.0 Å². The lowest BCUT2D eigenvalue weighted by molar-refractivity contribution is -0.131. The number of carbonyl (C=O) groups excluding carboxylic acids is 1. The number of hydrogen-bond donors (Lipinski definition) is 1. The largest absolute Gasteiger partial charge is 0.339 e. The van der Waals surface area contributed by atoms with Gasteiger partial charge in [0.1, 0.15) is 0 Å². The van der Waals surface area contributed by atoms with E-state index in [2.05, 4.69) is 36.1 Å². The SMILES string of the molecule is CCN1CCN(C(=O)CNCCCN(C)C)CC1. The first-order chi connectivity index (χ1) is 8.63. The summed E-state index contributed by atoms with van der Waals surface area (Å²) in [6.07, 6.45) is 1.09. The van der Waals surface area contributed by atoms with Crippen LogP contribution in [0.5, 0.6) is 0 Å². The van der Waals surface area contributed by atoms with E-state index in [9.17, 15) is 4.79 Å². The van der Waals surface area contributed by atoms with Gasteiger partial charge in [0.05, 0.1) is 6.54 Å². The van der Waals surface area contributed by atoms with Crippen LogP contribution in [0, 0.1) is 0 Å². The van der Waals surface area contributed by atoms with E-state index in [-0.39, 0.29) is 5.91 Å². The maximum Gasteiger partial charge on any atom is 0.236 e. The molecule has 5 heteroatoms. The topological polar surface area (TPSA) is 38.8 Å². The Balaban J connectivity index is 2.07. The summed E-state index contributed by atoms with van der Waals surface area (Å²) in [6.45, 7) is 9.52. The molecule has 1 N–H and O–H groups in total. The monoisotopic (exact) mass is 256 g/mol. The predicted octanol–water partition coefficient (Wildman–Crippen LogP) is -0.308. The van der Waals surface area contributed by atoms with Gasteiger partial charge in [0, 0.05) is 26.2 Å². The number of amides is 1. The summed E-state index contributed by atoms with van der Waals surface area (Å²) in [5.74, 6) is 0.246. The zero-order valence-corrected chi connectivity index (χ0v) is 12.1. The average Bonchev–Trinajstić information content (AvgIpc) is 2.38. The van der Waals surface area contributed by atoms with E-state index in [0.717, 1.165) is 52.2 Å². The van der Waals surface area contributed by atoms with Crippen LogP contribution < -0.4 is 5.32 Å². The lowest BCUT2D eigenvalue weighted by atomic mass is 10.3. The number of carbonyl (C=O) groups is 1. The van der Waals surface area contributed by atoms with Crippen LogP contribution in [-0.2, 0) is 4.79 Å². The van der Waals surface area contributed by atoms with E-state index in [1.807, 2.05) is 4.90 Å². The van der Waals surface area contributed by atoms with Crippen LogP contribution in [0.15, 0.2) is 0 Å². The number of piperazine rings is 1. The van der Waals surface area contributed by atoms with Crippen LogP contribution in [0.1, 0.15) is 13.3 Å². The number of nitrogens with one attached hydrogen (secondary N) is 1. The quantitative estimate of drug-likeness (QED) is 0.634. The minimum atomic E-state index is 0.246. The Labute approximate surface area is 111 Å². The van der Waals surface area contributed by atoms with Crippen molar-refractivity contribution in [2.75, 3.05) is 66.5 Å². The molecule has 1 saturated heterocycles.